The van der Waals surface area contributed by atoms with Gasteiger partial charge in [0, 0.05) is 7.05 Å². The van der Waals surface area contributed by atoms with Crippen LogP contribution in [0.15, 0.2) is 48.5 Å². The summed E-state index contributed by atoms with van der Waals surface area (Å²) in [7, 11) is 1.63. The number of hydrogen-bond acceptors (Lipinski definition) is 4. The number of rotatable bonds is 7. The van der Waals surface area contributed by atoms with Crippen LogP contribution in [-0.4, -0.2) is 37.6 Å². The lowest BCUT2D eigenvalue weighted by Crippen LogP contribution is -2.34. The zero-order valence-corrected chi connectivity index (χ0v) is 13.2. The molecule has 6 heteroatoms. The van der Waals surface area contributed by atoms with Crippen LogP contribution >= 0.6 is 0 Å². The van der Waals surface area contributed by atoms with Gasteiger partial charge >= 0.3 is 0 Å². The zero-order valence-electron chi connectivity index (χ0n) is 13.2. The topological polar surface area (TPSA) is 62.6 Å². The van der Waals surface area contributed by atoms with Crippen molar-refractivity contribution in [2.75, 3.05) is 26.8 Å². The highest BCUT2D eigenvalue weighted by molar-refractivity contribution is 5.77. The van der Waals surface area contributed by atoms with Gasteiger partial charge in [-0.3, -0.25) is 4.79 Å². The highest BCUT2D eigenvalue weighted by Gasteiger charge is 2.11. The maximum Gasteiger partial charge on any atom is 0.260 e. The summed E-state index contributed by atoms with van der Waals surface area (Å²) >= 11 is 0. The molecule has 0 N–H and O–H groups in total. The van der Waals surface area contributed by atoms with Crippen LogP contribution in [0.4, 0.5) is 4.39 Å². The quantitative estimate of drug-likeness (QED) is 0.784. The summed E-state index contributed by atoms with van der Waals surface area (Å²) in [5.74, 6) is 0.357. The second-order valence-corrected chi connectivity index (χ2v) is 5.01. The molecule has 0 aliphatic heterocycles. The van der Waals surface area contributed by atoms with Gasteiger partial charge in [-0.25, -0.2) is 4.39 Å². The maximum atomic E-state index is 12.8. The number of amides is 1. The first kappa shape index (κ1) is 17.3. The number of halogens is 1. The van der Waals surface area contributed by atoms with Crippen molar-refractivity contribution in [2.24, 2.45) is 0 Å². The van der Waals surface area contributed by atoms with E-state index >= 15 is 0 Å². The predicted molar refractivity (Wildman–Crippen MR) is 86.2 cm³/mol. The minimum Gasteiger partial charge on any atom is -0.492 e. The lowest BCUT2D eigenvalue weighted by Gasteiger charge is -2.18. The Kier molecular flexibility index (Phi) is 6.15. The Bertz CT molecular complexity index is 726. The lowest BCUT2D eigenvalue weighted by molar-refractivity contribution is -0.132. The standard InChI is InChI=1S/C18H17FN2O3/c1-21(10-11-23-16-8-6-15(19)7-9-16)18(22)13-24-17-5-3-2-4-14(17)12-20/h2-9H,10-11,13H2,1H3. The first-order chi connectivity index (χ1) is 11.6. The minimum atomic E-state index is -0.329. The molecule has 0 radical (unpaired) electrons. The average Bonchev–Trinajstić information content (AvgIpc) is 2.61. The van der Waals surface area contributed by atoms with Gasteiger partial charge in [0.2, 0.25) is 0 Å². The van der Waals surface area contributed by atoms with Crippen molar-refractivity contribution in [3.63, 3.8) is 0 Å². The molecule has 0 bridgehead atoms. The van der Waals surface area contributed by atoms with E-state index in [4.69, 9.17) is 14.7 Å². The maximum absolute atomic E-state index is 12.8. The van der Waals surface area contributed by atoms with E-state index in [0.717, 1.165) is 0 Å². The van der Waals surface area contributed by atoms with E-state index in [-0.39, 0.29) is 24.9 Å². The Morgan fingerprint density at radius 3 is 2.58 bits per heavy atom. The molecule has 0 aromatic heterocycles. The van der Waals surface area contributed by atoms with Crippen molar-refractivity contribution in [1.82, 2.24) is 4.90 Å². The van der Waals surface area contributed by atoms with Crippen LogP contribution in [0, 0.1) is 17.1 Å². The molecular weight excluding hydrogens is 311 g/mol. The van der Waals surface area contributed by atoms with Crippen LogP contribution in [0.1, 0.15) is 5.56 Å². The van der Waals surface area contributed by atoms with Crippen LogP contribution in [0.5, 0.6) is 11.5 Å². The molecular formula is C18H17FN2O3. The SMILES string of the molecule is CN(CCOc1ccc(F)cc1)C(=O)COc1ccccc1C#N. The Morgan fingerprint density at radius 1 is 1.17 bits per heavy atom. The van der Waals surface area contributed by atoms with Gasteiger partial charge in [-0.1, -0.05) is 12.1 Å². The van der Waals surface area contributed by atoms with E-state index in [1.54, 1.807) is 31.3 Å². The van der Waals surface area contributed by atoms with Gasteiger partial charge < -0.3 is 14.4 Å². The zero-order chi connectivity index (χ0) is 17.4. The monoisotopic (exact) mass is 328 g/mol. The molecule has 124 valence electrons. The van der Waals surface area contributed by atoms with E-state index in [2.05, 4.69) is 0 Å². The van der Waals surface area contributed by atoms with Gasteiger partial charge in [-0.2, -0.15) is 5.26 Å². The fraction of sp³-hybridized carbons (Fsp3) is 0.222. The molecule has 0 atom stereocenters. The summed E-state index contributed by atoms with van der Waals surface area (Å²) in [6.07, 6.45) is 0. The van der Waals surface area contributed by atoms with E-state index in [0.29, 0.717) is 23.6 Å². The molecule has 0 aliphatic carbocycles. The summed E-state index contributed by atoms with van der Waals surface area (Å²) < 4.78 is 23.6. The first-order valence-corrected chi connectivity index (χ1v) is 7.34. The van der Waals surface area contributed by atoms with Gasteiger partial charge in [0.15, 0.2) is 6.61 Å². The average molecular weight is 328 g/mol. The molecule has 1 amide bonds. The number of hydrogen-bond donors (Lipinski definition) is 0. The van der Waals surface area contributed by atoms with E-state index in [1.807, 2.05) is 6.07 Å². The highest BCUT2D eigenvalue weighted by Crippen LogP contribution is 2.16. The fourth-order valence-electron chi connectivity index (χ4n) is 1.89. The van der Waals surface area contributed by atoms with Crippen LogP contribution < -0.4 is 9.47 Å². The number of likely N-dealkylation sites (N-methyl/N-ethyl adjacent to an activating group) is 1. The molecule has 0 unspecified atom stereocenters. The second kappa shape index (κ2) is 8.53. The van der Waals surface area contributed by atoms with Crippen molar-refractivity contribution >= 4 is 5.91 Å². The number of carbonyl (C=O) groups is 1. The number of para-hydroxylation sites is 1. The fourth-order valence-corrected chi connectivity index (χ4v) is 1.89. The molecule has 2 rings (SSSR count). The third-order valence-corrected chi connectivity index (χ3v) is 3.29. The summed E-state index contributed by atoms with van der Waals surface area (Å²) in [5, 5.41) is 8.97. The molecule has 0 spiro atoms. The molecule has 0 fully saturated rings. The van der Waals surface area contributed by atoms with Crippen LogP contribution in [0.3, 0.4) is 0 Å². The summed E-state index contributed by atoms with van der Waals surface area (Å²) in [6.45, 7) is 0.480. The van der Waals surface area contributed by atoms with Crippen molar-refractivity contribution in [3.8, 4) is 17.6 Å². The smallest absolute Gasteiger partial charge is 0.260 e. The van der Waals surface area contributed by atoms with E-state index < -0.39 is 0 Å². The van der Waals surface area contributed by atoms with Gasteiger partial charge in [0.25, 0.3) is 5.91 Å². The number of ether oxygens (including phenoxy) is 2. The molecule has 0 heterocycles. The van der Waals surface area contributed by atoms with Gasteiger partial charge in [-0.05, 0) is 36.4 Å². The predicted octanol–water partition coefficient (Wildman–Crippen LogP) is 2.61. The molecule has 0 aliphatic rings. The number of nitrogens with zero attached hydrogens (tertiary/aromatic N) is 2. The van der Waals surface area contributed by atoms with Crippen molar-refractivity contribution < 1.29 is 18.7 Å². The number of carbonyl (C=O) groups excluding carboxylic acids is 1. The van der Waals surface area contributed by atoms with E-state index in [1.165, 1.54) is 29.2 Å². The number of benzene rings is 2. The third kappa shape index (κ3) is 4.99. The van der Waals surface area contributed by atoms with E-state index in [9.17, 15) is 9.18 Å². The van der Waals surface area contributed by atoms with Crippen LogP contribution in [0.25, 0.3) is 0 Å². The second-order valence-electron chi connectivity index (χ2n) is 5.01. The van der Waals surface area contributed by atoms with Gasteiger partial charge in [-0.15, -0.1) is 0 Å². The van der Waals surface area contributed by atoms with Crippen molar-refractivity contribution in [3.05, 3.63) is 59.9 Å². The van der Waals surface area contributed by atoms with Gasteiger partial charge in [0.05, 0.1) is 12.1 Å². The lowest BCUT2D eigenvalue weighted by atomic mass is 10.2. The first-order valence-electron chi connectivity index (χ1n) is 7.34. The van der Waals surface area contributed by atoms with Crippen molar-refractivity contribution in [2.45, 2.75) is 0 Å². The minimum absolute atomic E-state index is 0.161. The number of nitriles is 1. The Labute approximate surface area is 139 Å². The third-order valence-electron chi connectivity index (χ3n) is 3.29. The normalized spacial score (nSPS) is 9.88. The molecule has 0 saturated carbocycles. The molecule has 2 aromatic rings. The highest BCUT2D eigenvalue weighted by atomic mass is 19.1. The van der Waals surface area contributed by atoms with Crippen molar-refractivity contribution in [1.29, 1.82) is 5.26 Å². The Balaban J connectivity index is 1.76. The molecule has 2 aromatic carbocycles. The van der Waals surface area contributed by atoms with Crippen LogP contribution in [-0.2, 0) is 4.79 Å². The summed E-state index contributed by atoms with van der Waals surface area (Å²) in [4.78, 5) is 13.5. The Hall–Kier alpha value is -3.07. The summed E-state index contributed by atoms with van der Waals surface area (Å²) in [6, 6.07) is 14.4. The summed E-state index contributed by atoms with van der Waals surface area (Å²) in [5.41, 5.74) is 0.382. The molecule has 5 nitrogen and oxygen atoms in total. The Morgan fingerprint density at radius 2 is 1.88 bits per heavy atom. The molecule has 24 heavy (non-hydrogen) atoms. The van der Waals surface area contributed by atoms with Gasteiger partial charge in [0.1, 0.15) is 30.0 Å². The van der Waals surface area contributed by atoms with Crippen LogP contribution in [0.2, 0.25) is 0 Å². The molecule has 0 saturated heterocycles. The largest absolute Gasteiger partial charge is 0.492 e.